The number of piperidine rings is 1. The lowest BCUT2D eigenvalue weighted by Crippen LogP contribution is -2.57. The number of fused-ring (bicyclic) bond motifs is 11. The van der Waals surface area contributed by atoms with E-state index in [9.17, 15) is 24.3 Å². The summed E-state index contributed by atoms with van der Waals surface area (Å²) in [5, 5.41) is 18.5. The van der Waals surface area contributed by atoms with Gasteiger partial charge in [0.15, 0.2) is 0 Å². The highest BCUT2D eigenvalue weighted by Gasteiger charge is 2.31. The third-order valence-electron chi connectivity index (χ3n) is 7.08. The second-order valence-corrected chi connectivity index (χ2v) is 10.5. The summed E-state index contributed by atoms with van der Waals surface area (Å²) >= 11 is 0. The molecule has 10 heteroatoms. The predicted octanol–water partition coefficient (Wildman–Crippen LogP) is 2.50. The summed E-state index contributed by atoms with van der Waals surface area (Å²) in [6, 6.07) is 8.66. The van der Waals surface area contributed by atoms with Crippen LogP contribution in [0.2, 0.25) is 0 Å². The van der Waals surface area contributed by atoms with Gasteiger partial charge in [0.05, 0.1) is 5.56 Å². The van der Waals surface area contributed by atoms with Crippen molar-refractivity contribution in [1.29, 1.82) is 0 Å². The van der Waals surface area contributed by atoms with Gasteiger partial charge in [-0.15, -0.1) is 0 Å². The molecule has 3 aliphatic rings. The SMILES string of the molecule is CC(C)[C@@H]1NC(=O)c2cc(ccc2O)Oc2ccc(cc2)C[C@@H](C(=O)N2CCCCC2)NC(=O)[C@H](C)NC1=O. The smallest absolute Gasteiger partial charge is 0.255 e. The minimum Gasteiger partial charge on any atom is -0.507 e. The van der Waals surface area contributed by atoms with Gasteiger partial charge in [-0.3, -0.25) is 19.2 Å². The van der Waals surface area contributed by atoms with Crippen molar-refractivity contribution in [2.75, 3.05) is 13.1 Å². The Hall–Kier alpha value is -4.08. The minimum atomic E-state index is -0.979. The number of hydrogen-bond acceptors (Lipinski definition) is 6. The fourth-order valence-corrected chi connectivity index (χ4v) is 4.78. The first-order valence-corrected chi connectivity index (χ1v) is 13.4. The third-order valence-corrected chi connectivity index (χ3v) is 7.08. The van der Waals surface area contributed by atoms with E-state index in [4.69, 9.17) is 4.74 Å². The van der Waals surface area contributed by atoms with Crippen LogP contribution >= 0.6 is 0 Å². The normalized spacial score (nSPS) is 22.7. The minimum absolute atomic E-state index is 0.0476. The summed E-state index contributed by atoms with van der Waals surface area (Å²) in [5.41, 5.74) is 0.773. The Balaban J connectivity index is 1.68. The van der Waals surface area contributed by atoms with Crippen LogP contribution in [0.25, 0.3) is 0 Å². The highest BCUT2D eigenvalue weighted by Crippen LogP contribution is 2.28. The molecule has 39 heavy (non-hydrogen) atoms. The predicted molar refractivity (Wildman–Crippen MR) is 144 cm³/mol. The van der Waals surface area contributed by atoms with Crippen molar-refractivity contribution in [3.8, 4) is 17.2 Å². The summed E-state index contributed by atoms with van der Waals surface area (Å²) in [5.74, 6) is -1.62. The van der Waals surface area contributed by atoms with E-state index in [2.05, 4.69) is 16.0 Å². The second kappa shape index (κ2) is 12.2. The van der Waals surface area contributed by atoms with Gasteiger partial charge < -0.3 is 30.7 Å². The van der Waals surface area contributed by atoms with Crippen molar-refractivity contribution in [3.05, 3.63) is 53.6 Å². The molecule has 0 aromatic heterocycles. The highest BCUT2D eigenvalue weighted by molar-refractivity contribution is 6.00. The first-order valence-electron chi connectivity index (χ1n) is 13.4. The van der Waals surface area contributed by atoms with E-state index in [0.29, 0.717) is 24.6 Å². The third kappa shape index (κ3) is 6.87. The molecule has 0 spiro atoms. The summed E-state index contributed by atoms with van der Waals surface area (Å²) < 4.78 is 5.90. The molecule has 1 fully saturated rings. The summed E-state index contributed by atoms with van der Waals surface area (Å²) in [4.78, 5) is 54.6. The van der Waals surface area contributed by atoms with E-state index in [1.807, 2.05) is 12.1 Å². The van der Waals surface area contributed by atoms with Gasteiger partial charge in [-0.05, 0) is 68.0 Å². The number of benzene rings is 2. The monoisotopic (exact) mass is 536 g/mol. The van der Waals surface area contributed by atoms with Gasteiger partial charge in [0, 0.05) is 19.5 Å². The number of carbonyl (C=O) groups excluding carboxylic acids is 4. The van der Waals surface area contributed by atoms with Crippen molar-refractivity contribution in [1.82, 2.24) is 20.9 Å². The maximum Gasteiger partial charge on any atom is 0.255 e. The molecule has 0 saturated carbocycles. The molecule has 3 heterocycles. The van der Waals surface area contributed by atoms with Gasteiger partial charge in [-0.25, -0.2) is 0 Å². The number of phenols is 1. The zero-order chi connectivity index (χ0) is 28.1. The number of aromatic hydroxyl groups is 1. The number of ether oxygens (including phenoxy) is 1. The van der Waals surface area contributed by atoms with Crippen LogP contribution in [0, 0.1) is 5.92 Å². The second-order valence-electron chi connectivity index (χ2n) is 10.5. The van der Waals surface area contributed by atoms with Gasteiger partial charge in [0.1, 0.15) is 35.4 Å². The molecule has 1 saturated heterocycles. The number of nitrogens with one attached hydrogen (secondary N) is 3. The molecule has 2 aromatic carbocycles. The van der Waals surface area contributed by atoms with Gasteiger partial charge in [0.25, 0.3) is 5.91 Å². The molecule has 0 aliphatic carbocycles. The van der Waals surface area contributed by atoms with Crippen molar-refractivity contribution < 1.29 is 29.0 Å². The fraction of sp³-hybridized carbons (Fsp3) is 0.448. The van der Waals surface area contributed by atoms with Crippen LogP contribution < -0.4 is 20.7 Å². The Morgan fingerprint density at radius 1 is 0.923 bits per heavy atom. The summed E-state index contributed by atoms with van der Waals surface area (Å²) in [7, 11) is 0. The van der Waals surface area contributed by atoms with Crippen molar-refractivity contribution in [2.24, 2.45) is 5.92 Å². The Labute approximate surface area is 228 Å². The van der Waals surface area contributed by atoms with E-state index in [1.54, 1.807) is 30.9 Å². The zero-order valence-electron chi connectivity index (χ0n) is 22.5. The van der Waals surface area contributed by atoms with Crippen LogP contribution in [-0.2, 0) is 20.8 Å². The van der Waals surface area contributed by atoms with Gasteiger partial charge in [-0.2, -0.15) is 0 Å². The molecular formula is C29H36N4O6. The van der Waals surface area contributed by atoms with E-state index >= 15 is 0 Å². The lowest BCUT2D eigenvalue weighted by Gasteiger charge is -2.31. The lowest BCUT2D eigenvalue weighted by atomic mass is 10.0. The molecule has 0 unspecified atom stereocenters. The Morgan fingerprint density at radius 3 is 2.26 bits per heavy atom. The largest absolute Gasteiger partial charge is 0.507 e. The van der Waals surface area contributed by atoms with Crippen LogP contribution in [0.3, 0.4) is 0 Å². The Morgan fingerprint density at radius 2 is 1.59 bits per heavy atom. The van der Waals surface area contributed by atoms with Gasteiger partial charge in [0.2, 0.25) is 17.7 Å². The van der Waals surface area contributed by atoms with Crippen LogP contribution in [0.5, 0.6) is 17.2 Å². The molecule has 5 rings (SSSR count). The van der Waals surface area contributed by atoms with Crippen LogP contribution in [0.4, 0.5) is 0 Å². The standard InChI is InChI=1S/C29H36N4O6/c1-17(2)25-28(37)30-18(3)26(35)31-23(29(38)33-13-5-4-6-14-33)15-19-7-9-20(10-8-19)39-21-11-12-24(34)22(16-21)27(36)32-25/h7-12,16-18,23,25,34H,4-6,13-15H2,1-3H3,(H,30,37)(H,31,35)(H,32,36)/t18-,23-,25-/m0/s1. The highest BCUT2D eigenvalue weighted by atomic mass is 16.5. The van der Waals surface area contributed by atoms with Crippen molar-refractivity contribution in [2.45, 2.75) is 64.6 Å². The number of hydrogen-bond donors (Lipinski definition) is 4. The Bertz CT molecular complexity index is 1220. The molecule has 3 atom stereocenters. The zero-order valence-corrected chi connectivity index (χ0v) is 22.5. The molecular weight excluding hydrogens is 500 g/mol. The van der Waals surface area contributed by atoms with Gasteiger partial charge >= 0.3 is 0 Å². The van der Waals surface area contributed by atoms with Gasteiger partial charge in [-0.1, -0.05) is 26.0 Å². The molecule has 4 N–H and O–H groups in total. The lowest BCUT2D eigenvalue weighted by molar-refractivity contribution is -0.138. The maximum atomic E-state index is 13.4. The first kappa shape index (κ1) is 27.9. The number of nitrogens with zero attached hydrogens (tertiary/aromatic N) is 1. The number of likely N-dealkylation sites (tertiary alicyclic amines) is 1. The van der Waals surface area contributed by atoms with E-state index < -0.39 is 35.8 Å². The average molecular weight is 537 g/mol. The quantitative estimate of drug-likeness (QED) is 0.436. The number of rotatable bonds is 2. The number of carbonyl (C=O) groups is 4. The summed E-state index contributed by atoms with van der Waals surface area (Å²) in [6.45, 7) is 6.35. The van der Waals surface area contributed by atoms with Crippen molar-refractivity contribution >= 4 is 23.6 Å². The van der Waals surface area contributed by atoms with E-state index in [0.717, 1.165) is 24.8 Å². The van der Waals surface area contributed by atoms with Crippen molar-refractivity contribution in [3.63, 3.8) is 0 Å². The van der Waals surface area contributed by atoms with Crippen LogP contribution in [0.1, 0.15) is 56.0 Å². The molecule has 3 aliphatic heterocycles. The topological polar surface area (TPSA) is 137 Å². The molecule has 208 valence electrons. The molecule has 4 bridgehead atoms. The summed E-state index contributed by atoms with van der Waals surface area (Å²) in [6.07, 6.45) is 3.19. The average Bonchev–Trinajstić information content (AvgIpc) is 2.92. The molecule has 2 aromatic rings. The molecule has 0 radical (unpaired) electrons. The molecule has 4 amide bonds. The molecule has 10 nitrogen and oxygen atoms in total. The first-order chi connectivity index (χ1) is 18.6. The number of phenolic OH excluding ortho intramolecular Hbond substituents is 1. The van der Waals surface area contributed by atoms with E-state index in [1.165, 1.54) is 25.1 Å². The maximum absolute atomic E-state index is 13.4. The van der Waals surface area contributed by atoms with E-state index in [-0.39, 0.29) is 29.6 Å². The number of amides is 4. The van der Waals surface area contributed by atoms with Crippen LogP contribution in [0.15, 0.2) is 42.5 Å². The fourth-order valence-electron chi connectivity index (χ4n) is 4.78. The van der Waals surface area contributed by atoms with Crippen LogP contribution in [-0.4, -0.2) is 64.9 Å². The Kier molecular flexibility index (Phi) is 8.73.